The van der Waals surface area contributed by atoms with Crippen molar-refractivity contribution in [3.8, 4) is 5.75 Å². The van der Waals surface area contributed by atoms with Gasteiger partial charge in [-0.25, -0.2) is 8.42 Å². The van der Waals surface area contributed by atoms with Crippen molar-refractivity contribution >= 4 is 44.2 Å². The fraction of sp³-hybridized carbons (Fsp3) is 0.350. The van der Waals surface area contributed by atoms with Crippen LogP contribution in [0.25, 0.3) is 11.0 Å². The van der Waals surface area contributed by atoms with Crippen molar-refractivity contribution in [2.24, 2.45) is 0 Å². The number of hydrogen-bond acceptors (Lipinski definition) is 8. The maximum atomic E-state index is 12.8. The van der Waals surface area contributed by atoms with E-state index in [1.807, 2.05) is 24.3 Å². The Morgan fingerprint density at radius 1 is 1.07 bits per heavy atom. The number of fused-ring (bicyclic) bond motifs is 1. The second-order valence-electron chi connectivity index (χ2n) is 7.00. The number of para-hydroxylation sites is 2. The standard InChI is InChI=1S/C20H22N4O4S2/c1-28-17-7-3-2-6-16(17)23-10-12-24(13-11-23)19(25)9-14-30(26,27)18-8-4-5-15-20(18)22-29-21-15/h2-8H,9-14H2,1H3. The highest BCUT2D eigenvalue weighted by molar-refractivity contribution is 7.91. The molecular formula is C20H22N4O4S2. The first-order valence-electron chi connectivity index (χ1n) is 9.59. The summed E-state index contributed by atoms with van der Waals surface area (Å²) >= 11 is 0.978. The van der Waals surface area contributed by atoms with Gasteiger partial charge in [0, 0.05) is 32.6 Å². The van der Waals surface area contributed by atoms with Crippen LogP contribution in [0.3, 0.4) is 0 Å². The van der Waals surface area contributed by atoms with Crippen LogP contribution in [-0.4, -0.2) is 67.0 Å². The number of anilines is 1. The predicted octanol–water partition coefficient (Wildman–Crippen LogP) is 2.21. The minimum Gasteiger partial charge on any atom is -0.495 e. The molecule has 8 nitrogen and oxygen atoms in total. The molecule has 10 heteroatoms. The molecule has 0 radical (unpaired) electrons. The molecule has 1 aliphatic heterocycles. The molecule has 0 atom stereocenters. The molecule has 1 fully saturated rings. The van der Waals surface area contributed by atoms with Gasteiger partial charge in [-0.05, 0) is 24.3 Å². The van der Waals surface area contributed by atoms with E-state index < -0.39 is 9.84 Å². The SMILES string of the molecule is COc1ccccc1N1CCN(C(=O)CCS(=O)(=O)c2cccc3nsnc23)CC1. The Labute approximate surface area is 179 Å². The number of aromatic nitrogens is 2. The molecule has 30 heavy (non-hydrogen) atoms. The van der Waals surface area contributed by atoms with E-state index in [9.17, 15) is 13.2 Å². The minimum atomic E-state index is -3.62. The number of rotatable bonds is 6. The lowest BCUT2D eigenvalue weighted by Crippen LogP contribution is -2.49. The first-order valence-corrected chi connectivity index (χ1v) is 12.0. The lowest BCUT2D eigenvalue weighted by atomic mass is 10.2. The molecule has 0 spiro atoms. The van der Waals surface area contributed by atoms with E-state index >= 15 is 0 Å². The highest BCUT2D eigenvalue weighted by Crippen LogP contribution is 2.28. The second kappa shape index (κ2) is 8.57. The summed E-state index contributed by atoms with van der Waals surface area (Å²) in [6, 6.07) is 12.7. The summed E-state index contributed by atoms with van der Waals surface area (Å²) in [5, 5.41) is 0. The van der Waals surface area contributed by atoms with Crippen LogP contribution in [0.4, 0.5) is 5.69 Å². The van der Waals surface area contributed by atoms with Crippen LogP contribution in [0.1, 0.15) is 6.42 Å². The largest absolute Gasteiger partial charge is 0.495 e. The third kappa shape index (κ3) is 4.10. The van der Waals surface area contributed by atoms with Gasteiger partial charge in [0.15, 0.2) is 9.84 Å². The van der Waals surface area contributed by atoms with Crippen molar-refractivity contribution in [1.29, 1.82) is 0 Å². The summed E-state index contributed by atoms with van der Waals surface area (Å²) in [5.41, 5.74) is 1.93. The number of ether oxygens (including phenoxy) is 1. The second-order valence-corrected chi connectivity index (χ2v) is 9.60. The number of nitrogens with zero attached hydrogens (tertiary/aromatic N) is 4. The van der Waals surface area contributed by atoms with Gasteiger partial charge in [-0.2, -0.15) is 8.75 Å². The Kier molecular flexibility index (Phi) is 5.87. The molecule has 2 aromatic carbocycles. The fourth-order valence-electron chi connectivity index (χ4n) is 3.61. The summed E-state index contributed by atoms with van der Waals surface area (Å²) in [4.78, 5) is 16.7. The minimum absolute atomic E-state index is 0.0507. The van der Waals surface area contributed by atoms with E-state index in [2.05, 4.69) is 13.6 Å². The highest BCUT2D eigenvalue weighted by atomic mass is 32.2. The lowest BCUT2D eigenvalue weighted by molar-refractivity contribution is -0.131. The third-order valence-electron chi connectivity index (χ3n) is 5.23. The number of carbonyl (C=O) groups excluding carboxylic acids is 1. The molecule has 1 aliphatic rings. The van der Waals surface area contributed by atoms with Gasteiger partial charge in [-0.3, -0.25) is 4.79 Å². The smallest absolute Gasteiger partial charge is 0.223 e. The average molecular weight is 447 g/mol. The quantitative estimate of drug-likeness (QED) is 0.573. The Balaban J connectivity index is 1.37. The molecule has 4 rings (SSSR count). The highest BCUT2D eigenvalue weighted by Gasteiger charge is 2.26. The van der Waals surface area contributed by atoms with Crippen LogP contribution in [0.5, 0.6) is 5.75 Å². The van der Waals surface area contributed by atoms with E-state index in [4.69, 9.17) is 4.74 Å². The lowest BCUT2D eigenvalue weighted by Gasteiger charge is -2.36. The monoisotopic (exact) mass is 446 g/mol. The zero-order valence-corrected chi connectivity index (χ0v) is 18.2. The van der Waals surface area contributed by atoms with Gasteiger partial charge < -0.3 is 14.5 Å². The number of amides is 1. The Morgan fingerprint density at radius 2 is 1.83 bits per heavy atom. The molecule has 1 amide bonds. The molecule has 0 aliphatic carbocycles. The number of hydrogen-bond donors (Lipinski definition) is 0. The van der Waals surface area contributed by atoms with Crippen LogP contribution in [0, 0.1) is 0 Å². The number of methoxy groups -OCH3 is 1. The van der Waals surface area contributed by atoms with Crippen molar-refractivity contribution < 1.29 is 17.9 Å². The normalized spacial score (nSPS) is 14.8. The van der Waals surface area contributed by atoms with Gasteiger partial charge in [0.2, 0.25) is 5.91 Å². The predicted molar refractivity (Wildman–Crippen MR) is 116 cm³/mol. The molecule has 1 saturated heterocycles. The van der Waals surface area contributed by atoms with Gasteiger partial charge in [-0.15, -0.1) is 0 Å². The van der Waals surface area contributed by atoms with Crippen molar-refractivity contribution in [1.82, 2.24) is 13.6 Å². The van der Waals surface area contributed by atoms with E-state index in [1.54, 1.807) is 24.1 Å². The zero-order chi connectivity index (χ0) is 21.1. The topological polar surface area (TPSA) is 92.7 Å². The first-order chi connectivity index (χ1) is 14.5. The van der Waals surface area contributed by atoms with Crippen LogP contribution in [0.2, 0.25) is 0 Å². The molecule has 3 aromatic rings. The molecular weight excluding hydrogens is 424 g/mol. The summed E-state index contributed by atoms with van der Waals surface area (Å²) < 4.78 is 39.2. The molecule has 0 saturated carbocycles. The number of piperazine rings is 1. The third-order valence-corrected chi connectivity index (χ3v) is 7.51. The van der Waals surface area contributed by atoms with Crippen molar-refractivity contribution in [3.05, 3.63) is 42.5 Å². The van der Waals surface area contributed by atoms with Crippen LogP contribution >= 0.6 is 11.7 Å². The van der Waals surface area contributed by atoms with Crippen molar-refractivity contribution in [3.63, 3.8) is 0 Å². The van der Waals surface area contributed by atoms with E-state index in [-0.39, 0.29) is 23.0 Å². The van der Waals surface area contributed by atoms with Gasteiger partial charge in [0.25, 0.3) is 0 Å². The average Bonchev–Trinajstić information content (AvgIpc) is 3.26. The molecule has 158 valence electrons. The van der Waals surface area contributed by atoms with Gasteiger partial charge >= 0.3 is 0 Å². The Bertz CT molecular complexity index is 1150. The number of benzene rings is 2. The van der Waals surface area contributed by atoms with Crippen LogP contribution < -0.4 is 9.64 Å². The molecule has 0 N–H and O–H groups in total. The summed E-state index contributed by atoms with van der Waals surface area (Å²) in [7, 11) is -1.98. The van der Waals surface area contributed by atoms with E-state index in [0.717, 1.165) is 23.2 Å². The maximum Gasteiger partial charge on any atom is 0.223 e. The van der Waals surface area contributed by atoms with Gasteiger partial charge in [0.1, 0.15) is 16.8 Å². The first kappa shape index (κ1) is 20.5. The number of sulfone groups is 1. The summed E-state index contributed by atoms with van der Waals surface area (Å²) in [6.45, 7) is 2.43. The van der Waals surface area contributed by atoms with Crippen molar-refractivity contribution in [2.45, 2.75) is 11.3 Å². The molecule has 2 heterocycles. The fourth-order valence-corrected chi connectivity index (χ4v) is 5.61. The number of carbonyl (C=O) groups is 1. The van der Waals surface area contributed by atoms with Crippen LogP contribution in [0.15, 0.2) is 47.4 Å². The van der Waals surface area contributed by atoms with E-state index in [1.165, 1.54) is 6.07 Å². The molecule has 0 unspecified atom stereocenters. The zero-order valence-electron chi connectivity index (χ0n) is 16.5. The van der Waals surface area contributed by atoms with Crippen LogP contribution in [-0.2, 0) is 14.6 Å². The van der Waals surface area contributed by atoms with Gasteiger partial charge in [0.05, 0.1) is 35.2 Å². The Morgan fingerprint density at radius 3 is 2.60 bits per heavy atom. The maximum absolute atomic E-state index is 12.8. The summed E-state index contributed by atoms with van der Waals surface area (Å²) in [6.07, 6.45) is -0.0507. The Hall–Kier alpha value is -2.72. The molecule has 1 aromatic heterocycles. The molecule has 0 bridgehead atoms. The van der Waals surface area contributed by atoms with Gasteiger partial charge in [-0.1, -0.05) is 18.2 Å². The summed E-state index contributed by atoms with van der Waals surface area (Å²) in [5.74, 6) is 0.408. The van der Waals surface area contributed by atoms with Crippen molar-refractivity contribution in [2.75, 3.05) is 43.9 Å². The van der Waals surface area contributed by atoms with E-state index in [0.29, 0.717) is 37.2 Å².